The lowest BCUT2D eigenvalue weighted by Gasteiger charge is -2.20. The summed E-state index contributed by atoms with van der Waals surface area (Å²) in [6.07, 6.45) is 2.05. The van der Waals surface area contributed by atoms with E-state index < -0.39 is 18.3 Å². The van der Waals surface area contributed by atoms with E-state index in [9.17, 15) is 14.4 Å². The molecule has 156 valence electrons. The van der Waals surface area contributed by atoms with Gasteiger partial charge in [-0.3, -0.25) is 14.5 Å². The lowest BCUT2D eigenvalue weighted by atomic mass is 9.99. The van der Waals surface area contributed by atoms with Gasteiger partial charge in [-0.05, 0) is 42.3 Å². The maximum atomic E-state index is 13.7. The number of nitriles is 1. The van der Waals surface area contributed by atoms with Crippen LogP contribution >= 0.6 is 0 Å². The van der Waals surface area contributed by atoms with E-state index in [0.29, 0.717) is 17.7 Å². The monoisotopic (exact) mass is 417 g/mol. The number of ether oxygens (including phenoxy) is 1. The lowest BCUT2D eigenvalue weighted by Crippen LogP contribution is -2.38. The van der Waals surface area contributed by atoms with Gasteiger partial charge in [-0.15, -0.1) is 0 Å². The van der Waals surface area contributed by atoms with Gasteiger partial charge in [-0.2, -0.15) is 5.26 Å². The highest BCUT2D eigenvalue weighted by Gasteiger charge is 2.41. The molecule has 1 aliphatic heterocycles. The molecule has 0 bridgehead atoms. The first-order chi connectivity index (χ1) is 15.0. The van der Waals surface area contributed by atoms with Crippen molar-refractivity contribution < 1.29 is 13.9 Å². The summed E-state index contributed by atoms with van der Waals surface area (Å²) in [6.45, 7) is 9.00. The summed E-state index contributed by atoms with van der Waals surface area (Å²) in [6, 6.07) is 10.8. The number of aromatic nitrogens is 2. The van der Waals surface area contributed by atoms with Gasteiger partial charge in [-0.1, -0.05) is 6.92 Å². The highest BCUT2D eigenvalue weighted by molar-refractivity contribution is 5.86. The van der Waals surface area contributed by atoms with Crippen LogP contribution in [0.25, 0.3) is 15.7 Å². The minimum absolute atomic E-state index is 0.0204. The van der Waals surface area contributed by atoms with Crippen LogP contribution in [0, 0.1) is 23.8 Å². The van der Waals surface area contributed by atoms with E-state index in [0.717, 1.165) is 16.5 Å². The smallest absolute Gasteiger partial charge is 0.303 e. The zero-order valence-corrected chi connectivity index (χ0v) is 16.9. The summed E-state index contributed by atoms with van der Waals surface area (Å²) < 4.78 is 19.5. The van der Waals surface area contributed by atoms with E-state index in [2.05, 4.69) is 20.9 Å². The van der Waals surface area contributed by atoms with Gasteiger partial charge in [0, 0.05) is 29.2 Å². The number of fused-ring (bicyclic) bond motifs is 1. The van der Waals surface area contributed by atoms with Gasteiger partial charge in [0.1, 0.15) is 23.6 Å². The molecule has 0 spiro atoms. The molecule has 0 radical (unpaired) electrons. The minimum Gasteiger partial charge on any atom is -0.438 e. The van der Waals surface area contributed by atoms with Crippen LogP contribution in [0.5, 0.6) is 11.6 Å². The zero-order valence-electron chi connectivity index (χ0n) is 16.9. The van der Waals surface area contributed by atoms with Crippen LogP contribution in [0.3, 0.4) is 0 Å². The summed E-state index contributed by atoms with van der Waals surface area (Å²) in [7, 11) is 0. The van der Waals surface area contributed by atoms with Crippen LogP contribution in [-0.2, 0) is 11.2 Å². The van der Waals surface area contributed by atoms with Crippen molar-refractivity contribution in [1.82, 2.24) is 14.9 Å². The Bertz CT molecular complexity index is 1210. The first-order valence-corrected chi connectivity index (χ1v) is 9.94. The Kier molecular flexibility index (Phi) is 5.55. The molecule has 3 heterocycles. The molecule has 31 heavy (non-hydrogen) atoms. The molecule has 8 heteroatoms. The molecule has 0 aliphatic carbocycles. The van der Waals surface area contributed by atoms with Gasteiger partial charge in [0.05, 0.1) is 13.0 Å². The summed E-state index contributed by atoms with van der Waals surface area (Å²) in [5, 5.41) is 10.1. The fourth-order valence-electron chi connectivity index (χ4n) is 3.88. The molecule has 1 N–H and O–H groups in total. The third kappa shape index (κ3) is 4.06. The molecule has 1 amide bonds. The second-order valence-electron chi connectivity index (χ2n) is 7.63. The predicted octanol–water partition coefficient (Wildman–Crippen LogP) is 4.22. The van der Waals surface area contributed by atoms with Gasteiger partial charge >= 0.3 is 6.17 Å². The van der Waals surface area contributed by atoms with Gasteiger partial charge in [0.25, 0.3) is 0 Å². The van der Waals surface area contributed by atoms with E-state index in [1.54, 1.807) is 31.3 Å². The Morgan fingerprint density at radius 1 is 1.52 bits per heavy atom. The number of likely N-dealkylation sites (tertiary alicyclic amines) is 1. The highest BCUT2D eigenvalue weighted by atomic mass is 19.1. The molecule has 3 atom stereocenters. The minimum atomic E-state index is -1.15. The Labute approximate surface area is 178 Å². The molecule has 1 aliphatic rings. The number of carbonyl (C=O) groups is 1. The molecule has 0 saturated carbocycles. The van der Waals surface area contributed by atoms with Crippen molar-refractivity contribution in [1.29, 1.82) is 5.26 Å². The van der Waals surface area contributed by atoms with Gasteiger partial charge in [-0.25, -0.2) is 15.9 Å². The van der Waals surface area contributed by atoms with Crippen molar-refractivity contribution in [3.8, 4) is 17.7 Å². The fraction of sp³-hybridized carbons (Fsp3) is 0.304. The summed E-state index contributed by atoms with van der Waals surface area (Å²) >= 11 is 0. The van der Waals surface area contributed by atoms with Crippen molar-refractivity contribution in [2.45, 2.75) is 32.1 Å². The van der Waals surface area contributed by atoms with Crippen LogP contribution in [0.2, 0.25) is 0 Å². The third-order valence-electron chi connectivity index (χ3n) is 5.45. The summed E-state index contributed by atoms with van der Waals surface area (Å²) in [4.78, 5) is 24.9. The number of H-pyrrole nitrogens is 1. The third-order valence-corrected chi connectivity index (χ3v) is 5.45. The molecule has 7 nitrogen and oxygen atoms in total. The van der Waals surface area contributed by atoms with Crippen LogP contribution in [0.4, 0.5) is 4.39 Å². The van der Waals surface area contributed by atoms with Crippen molar-refractivity contribution in [2.75, 3.05) is 6.54 Å². The number of nitrogens with one attached hydrogen (secondary N) is 1. The standard InChI is InChI=1S/C23H20FN5O2/c1-14(23(30)29-13-17(24)9-21(29)26-2)8-16-12-28-20-6-5-18(10-19(16)20)31-22-15(11-25)4-3-7-27-22/h3-7,10,12,14,17,21,28H,8-9,13H2,1H3/t14-,17-,21-/m0/s1. The average Bonchev–Trinajstić information content (AvgIpc) is 3.36. The van der Waals surface area contributed by atoms with Crippen molar-refractivity contribution >= 4 is 16.8 Å². The Balaban J connectivity index is 1.55. The number of carbonyl (C=O) groups excluding carboxylic acids is 1. The molecular weight excluding hydrogens is 397 g/mol. The molecule has 0 unspecified atom stereocenters. The fourth-order valence-corrected chi connectivity index (χ4v) is 3.88. The normalized spacial score (nSPS) is 19.0. The largest absolute Gasteiger partial charge is 0.438 e. The number of benzene rings is 1. The molecule has 2 aromatic heterocycles. The first kappa shape index (κ1) is 20.4. The van der Waals surface area contributed by atoms with Crippen LogP contribution in [0.1, 0.15) is 24.5 Å². The average molecular weight is 417 g/mol. The number of pyridine rings is 1. The Morgan fingerprint density at radius 2 is 2.35 bits per heavy atom. The molecule has 1 aromatic carbocycles. The summed E-state index contributed by atoms with van der Waals surface area (Å²) in [5.41, 5.74) is 2.13. The number of nitrogens with zero attached hydrogens (tertiary/aromatic N) is 4. The van der Waals surface area contributed by atoms with E-state index >= 15 is 0 Å². The van der Waals surface area contributed by atoms with Crippen LogP contribution < -0.4 is 4.74 Å². The summed E-state index contributed by atoms with van der Waals surface area (Å²) in [5.74, 6) is 0.134. The van der Waals surface area contributed by atoms with E-state index in [1.807, 2.05) is 18.3 Å². The highest BCUT2D eigenvalue weighted by Crippen LogP contribution is 2.30. The maximum absolute atomic E-state index is 13.7. The number of rotatable bonds is 5. The number of amides is 1. The van der Waals surface area contributed by atoms with Gasteiger partial charge in [0.2, 0.25) is 11.8 Å². The number of aromatic amines is 1. The quantitative estimate of drug-likeness (QED) is 0.630. The zero-order chi connectivity index (χ0) is 22.0. The first-order valence-electron chi connectivity index (χ1n) is 9.94. The Hall–Kier alpha value is -3.91. The van der Waals surface area contributed by atoms with Gasteiger partial charge in [0.15, 0.2) is 0 Å². The molecule has 1 saturated heterocycles. The van der Waals surface area contributed by atoms with Crippen molar-refractivity contribution in [3.63, 3.8) is 0 Å². The van der Waals surface area contributed by atoms with Crippen LogP contribution in [0.15, 0.2) is 42.7 Å². The van der Waals surface area contributed by atoms with Crippen molar-refractivity contribution in [2.24, 2.45) is 5.92 Å². The second kappa shape index (κ2) is 8.45. The topological polar surface area (TPSA) is 86.4 Å². The van der Waals surface area contributed by atoms with Crippen molar-refractivity contribution in [3.05, 3.63) is 65.3 Å². The van der Waals surface area contributed by atoms with Gasteiger partial charge < -0.3 is 9.72 Å². The number of hydrogen-bond donors (Lipinski definition) is 1. The number of halogens is 1. The predicted molar refractivity (Wildman–Crippen MR) is 112 cm³/mol. The Morgan fingerprint density at radius 3 is 3.13 bits per heavy atom. The molecule has 3 aromatic rings. The number of hydrogen-bond acceptors (Lipinski definition) is 4. The SMILES string of the molecule is [C-]#[N+][C@@H]1C[C@H](F)CN1C(=O)[C@@H](C)Cc1c[nH]c2ccc(Oc3ncccc3C#N)cc12. The van der Waals surface area contributed by atoms with E-state index in [4.69, 9.17) is 11.3 Å². The van der Waals surface area contributed by atoms with Crippen LogP contribution in [-0.4, -0.2) is 39.7 Å². The maximum Gasteiger partial charge on any atom is 0.303 e. The lowest BCUT2D eigenvalue weighted by molar-refractivity contribution is -0.135. The molecule has 4 rings (SSSR count). The molecular formula is C23H20FN5O2. The second-order valence-corrected chi connectivity index (χ2v) is 7.63. The number of alkyl halides is 1. The van der Waals surface area contributed by atoms with E-state index in [-0.39, 0.29) is 24.8 Å². The van der Waals surface area contributed by atoms with E-state index in [1.165, 1.54) is 4.90 Å². The molecule has 1 fully saturated rings.